The van der Waals surface area contributed by atoms with Gasteiger partial charge in [-0.25, -0.2) is 9.97 Å². The van der Waals surface area contributed by atoms with Gasteiger partial charge in [0.1, 0.15) is 11.5 Å². The minimum Gasteiger partial charge on any atom is -0.352 e. The Bertz CT molecular complexity index is 497. The van der Waals surface area contributed by atoms with Crippen LogP contribution in [0.3, 0.4) is 0 Å². The number of rotatable bonds is 6. The highest BCUT2D eigenvalue weighted by atomic mass is 16.2. The monoisotopic (exact) mass is 305 g/mol. The summed E-state index contributed by atoms with van der Waals surface area (Å²) < 4.78 is 0. The number of carbonyl (C=O) groups is 2. The molecule has 2 heterocycles. The highest BCUT2D eigenvalue weighted by Crippen LogP contribution is 2.12. The molecule has 0 aliphatic carbocycles. The van der Waals surface area contributed by atoms with E-state index in [-0.39, 0.29) is 5.91 Å². The Balaban J connectivity index is 1.95. The minimum absolute atomic E-state index is 0.0988. The fourth-order valence-electron chi connectivity index (χ4n) is 2.34. The van der Waals surface area contributed by atoms with Crippen molar-refractivity contribution in [1.29, 1.82) is 0 Å². The molecule has 1 saturated heterocycles. The Morgan fingerprint density at radius 2 is 2.00 bits per heavy atom. The molecule has 2 amide bonds. The van der Waals surface area contributed by atoms with Gasteiger partial charge in [-0.2, -0.15) is 0 Å². The van der Waals surface area contributed by atoms with Crippen LogP contribution in [-0.2, 0) is 4.79 Å². The topological polar surface area (TPSA) is 69.6 Å². The van der Waals surface area contributed by atoms with Crippen molar-refractivity contribution < 1.29 is 9.59 Å². The molecule has 1 aliphatic heterocycles. The van der Waals surface area contributed by atoms with Crippen LogP contribution in [0.1, 0.15) is 30.3 Å². The van der Waals surface area contributed by atoms with Crippen molar-refractivity contribution in [3.8, 4) is 0 Å². The van der Waals surface area contributed by atoms with Crippen molar-refractivity contribution in [2.24, 2.45) is 0 Å². The maximum atomic E-state index is 12.2. The van der Waals surface area contributed by atoms with Crippen molar-refractivity contribution in [3.63, 3.8) is 0 Å². The lowest BCUT2D eigenvalue weighted by molar-refractivity contribution is -0.118. The molecule has 1 aromatic heterocycles. The summed E-state index contributed by atoms with van der Waals surface area (Å²) in [6, 6.07) is 0. The van der Waals surface area contributed by atoms with E-state index in [1.54, 1.807) is 23.0 Å². The lowest BCUT2D eigenvalue weighted by Gasteiger charge is -2.33. The van der Waals surface area contributed by atoms with Gasteiger partial charge in [0.25, 0.3) is 5.91 Å². The maximum Gasteiger partial charge on any atom is 0.273 e. The van der Waals surface area contributed by atoms with Crippen LogP contribution >= 0.6 is 0 Å². The quantitative estimate of drug-likeness (QED) is 0.721. The van der Waals surface area contributed by atoms with E-state index in [1.807, 2.05) is 0 Å². The number of piperazine rings is 1. The van der Waals surface area contributed by atoms with E-state index in [1.165, 1.54) is 6.20 Å². The molecule has 0 atom stereocenters. The van der Waals surface area contributed by atoms with Crippen molar-refractivity contribution in [2.75, 3.05) is 44.7 Å². The van der Waals surface area contributed by atoms with Gasteiger partial charge in [-0.1, -0.05) is 13.3 Å². The second-order valence-corrected chi connectivity index (χ2v) is 5.47. The molecule has 7 heteroatoms. The Hall–Kier alpha value is -2.18. The van der Waals surface area contributed by atoms with Crippen molar-refractivity contribution in [3.05, 3.63) is 18.1 Å². The number of hydrogen-bond acceptors (Lipinski definition) is 5. The average Bonchev–Trinajstić information content (AvgIpc) is 2.59. The summed E-state index contributed by atoms with van der Waals surface area (Å²) in [7, 11) is 1.78. The second-order valence-electron chi connectivity index (χ2n) is 5.47. The molecule has 1 aromatic rings. The summed E-state index contributed by atoms with van der Waals surface area (Å²) in [4.78, 5) is 37.0. The fraction of sp³-hybridized carbons (Fsp3) is 0.600. The van der Waals surface area contributed by atoms with Gasteiger partial charge in [0, 0.05) is 39.8 Å². The summed E-state index contributed by atoms with van der Waals surface area (Å²) in [5, 5.41) is 0. The molecular formula is C15H23N5O2. The Labute approximate surface area is 130 Å². The molecule has 0 unspecified atom stereocenters. The molecule has 0 bridgehead atoms. The third-order valence-corrected chi connectivity index (χ3v) is 3.84. The molecule has 1 aliphatic rings. The van der Waals surface area contributed by atoms with Gasteiger partial charge < -0.3 is 14.7 Å². The predicted octanol–water partition coefficient (Wildman–Crippen LogP) is 0.627. The van der Waals surface area contributed by atoms with Gasteiger partial charge in [-0.05, 0) is 6.42 Å². The van der Waals surface area contributed by atoms with Gasteiger partial charge in [0.05, 0.1) is 12.4 Å². The summed E-state index contributed by atoms with van der Waals surface area (Å²) in [6.45, 7) is 5.66. The number of anilines is 1. The van der Waals surface area contributed by atoms with Gasteiger partial charge >= 0.3 is 0 Å². The van der Waals surface area contributed by atoms with E-state index < -0.39 is 0 Å². The molecular weight excluding hydrogens is 282 g/mol. The number of nitrogens with zero attached hydrogens (tertiary/aromatic N) is 5. The van der Waals surface area contributed by atoms with E-state index in [9.17, 15) is 9.59 Å². The van der Waals surface area contributed by atoms with Crippen LogP contribution in [0, 0.1) is 0 Å². The number of hydrogen-bond donors (Lipinski definition) is 0. The number of amides is 2. The Morgan fingerprint density at radius 1 is 1.27 bits per heavy atom. The lowest BCUT2D eigenvalue weighted by atomic mass is 10.3. The first-order chi connectivity index (χ1) is 10.7. The fourth-order valence-corrected chi connectivity index (χ4v) is 2.34. The summed E-state index contributed by atoms with van der Waals surface area (Å²) in [5.41, 5.74) is 0.369. The van der Waals surface area contributed by atoms with Crippen LogP contribution in [0.4, 0.5) is 5.82 Å². The zero-order valence-corrected chi connectivity index (χ0v) is 13.2. The van der Waals surface area contributed by atoms with Gasteiger partial charge in [0.2, 0.25) is 6.41 Å². The van der Waals surface area contributed by atoms with Crippen molar-refractivity contribution >= 4 is 18.1 Å². The number of aromatic nitrogens is 2. The molecule has 1 fully saturated rings. The normalized spacial score (nSPS) is 14.8. The molecule has 7 nitrogen and oxygen atoms in total. The van der Waals surface area contributed by atoms with Crippen LogP contribution in [0.15, 0.2) is 12.4 Å². The summed E-state index contributed by atoms with van der Waals surface area (Å²) in [6.07, 6.45) is 6.07. The number of carbonyl (C=O) groups excluding carboxylic acids is 2. The third-order valence-electron chi connectivity index (χ3n) is 3.84. The maximum absolute atomic E-state index is 12.2. The van der Waals surface area contributed by atoms with E-state index in [0.717, 1.165) is 44.7 Å². The smallest absolute Gasteiger partial charge is 0.273 e. The molecule has 0 spiro atoms. The molecule has 0 N–H and O–H groups in total. The van der Waals surface area contributed by atoms with Gasteiger partial charge in [-0.15, -0.1) is 0 Å². The van der Waals surface area contributed by atoms with Crippen LogP contribution in [0.2, 0.25) is 0 Å². The molecule has 0 aromatic carbocycles. The first kappa shape index (κ1) is 16.2. The van der Waals surface area contributed by atoms with Crippen molar-refractivity contribution in [1.82, 2.24) is 19.8 Å². The third kappa shape index (κ3) is 3.93. The Morgan fingerprint density at radius 3 is 2.55 bits per heavy atom. The van der Waals surface area contributed by atoms with E-state index >= 15 is 0 Å². The van der Waals surface area contributed by atoms with Crippen LogP contribution < -0.4 is 4.90 Å². The number of unbranched alkanes of at least 4 members (excludes halogenated alkanes) is 1. The molecule has 22 heavy (non-hydrogen) atoms. The Kier molecular flexibility index (Phi) is 5.68. The van der Waals surface area contributed by atoms with Crippen LogP contribution in [-0.4, -0.2) is 71.9 Å². The van der Waals surface area contributed by atoms with Crippen LogP contribution in [0.5, 0.6) is 0 Å². The second kappa shape index (κ2) is 7.72. The molecule has 0 radical (unpaired) electrons. The zero-order chi connectivity index (χ0) is 15.9. The molecule has 120 valence electrons. The first-order valence-electron chi connectivity index (χ1n) is 7.67. The summed E-state index contributed by atoms with van der Waals surface area (Å²) >= 11 is 0. The predicted molar refractivity (Wildman–Crippen MR) is 83.8 cm³/mol. The van der Waals surface area contributed by atoms with E-state index in [0.29, 0.717) is 18.8 Å². The lowest BCUT2D eigenvalue weighted by Crippen LogP contribution is -2.46. The highest BCUT2D eigenvalue weighted by Gasteiger charge is 2.18. The SMILES string of the molecule is CCCCN(C)C(=O)c1cnc(N2CCN(C=O)CC2)cn1. The largest absolute Gasteiger partial charge is 0.352 e. The van der Waals surface area contributed by atoms with E-state index in [4.69, 9.17) is 0 Å². The summed E-state index contributed by atoms with van der Waals surface area (Å²) in [5.74, 6) is 0.650. The van der Waals surface area contributed by atoms with Gasteiger partial charge in [-0.3, -0.25) is 9.59 Å². The highest BCUT2D eigenvalue weighted by molar-refractivity contribution is 5.91. The van der Waals surface area contributed by atoms with Crippen molar-refractivity contribution in [2.45, 2.75) is 19.8 Å². The average molecular weight is 305 g/mol. The van der Waals surface area contributed by atoms with E-state index in [2.05, 4.69) is 21.8 Å². The molecule has 0 saturated carbocycles. The van der Waals surface area contributed by atoms with Gasteiger partial charge in [0.15, 0.2) is 0 Å². The zero-order valence-electron chi connectivity index (χ0n) is 13.2. The standard InChI is InChI=1S/C15H23N5O2/c1-3-4-5-18(2)15(22)13-10-17-14(11-16-13)20-8-6-19(12-21)7-9-20/h10-12H,3-9H2,1-2H3. The molecule has 2 rings (SSSR count). The minimum atomic E-state index is -0.0988. The van der Waals surface area contributed by atoms with Crippen LogP contribution in [0.25, 0.3) is 0 Å². The first-order valence-corrected chi connectivity index (χ1v) is 7.67.